The standard InChI is InChI=1S/C22H22N2O5S2/c1-15(25)17-7-9-18(10-8-17)24-20-14-31(27,28)13-19(20)23-22(24)30-12-21(26)29-11-16-5-3-2-4-6-16/h2-10,19-20H,11-14H2,1H3/t19-,20+/m1/s1. The molecular formula is C22H22N2O5S2. The van der Waals surface area contributed by atoms with Crippen molar-refractivity contribution >= 4 is 44.2 Å². The minimum atomic E-state index is -3.17. The van der Waals surface area contributed by atoms with Crippen LogP contribution in [0.15, 0.2) is 59.6 Å². The van der Waals surface area contributed by atoms with Gasteiger partial charge >= 0.3 is 5.97 Å². The Labute approximate surface area is 185 Å². The van der Waals surface area contributed by atoms with Crippen molar-refractivity contribution in [1.29, 1.82) is 0 Å². The van der Waals surface area contributed by atoms with E-state index >= 15 is 0 Å². The average Bonchev–Trinajstić information content (AvgIpc) is 3.22. The Bertz CT molecular complexity index is 1110. The van der Waals surface area contributed by atoms with Crippen molar-refractivity contribution in [3.63, 3.8) is 0 Å². The van der Waals surface area contributed by atoms with E-state index < -0.39 is 9.84 Å². The molecule has 0 aliphatic carbocycles. The molecule has 0 radical (unpaired) electrons. The van der Waals surface area contributed by atoms with E-state index in [1.54, 1.807) is 24.3 Å². The predicted molar refractivity (Wildman–Crippen MR) is 121 cm³/mol. The topological polar surface area (TPSA) is 93.1 Å². The fourth-order valence-corrected chi connectivity index (χ4v) is 6.46. The molecule has 2 heterocycles. The van der Waals surface area contributed by atoms with Crippen LogP contribution in [0.1, 0.15) is 22.8 Å². The van der Waals surface area contributed by atoms with E-state index in [0.717, 1.165) is 11.3 Å². The van der Waals surface area contributed by atoms with E-state index in [0.29, 0.717) is 10.7 Å². The number of thioether (sulfide) groups is 1. The van der Waals surface area contributed by atoms with Crippen molar-refractivity contribution in [1.82, 2.24) is 0 Å². The number of Topliss-reactive ketones (excluding diaryl/α,β-unsaturated/α-hetero) is 1. The zero-order valence-electron chi connectivity index (χ0n) is 16.9. The summed E-state index contributed by atoms with van der Waals surface area (Å²) in [5, 5.41) is 0.595. The van der Waals surface area contributed by atoms with E-state index in [1.165, 1.54) is 18.7 Å². The van der Waals surface area contributed by atoms with Crippen LogP contribution in [0.2, 0.25) is 0 Å². The van der Waals surface area contributed by atoms with Gasteiger partial charge in [-0.2, -0.15) is 0 Å². The lowest BCUT2D eigenvalue weighted by molar-refractivity contribution is -0.141. The Morgan fingerprint density at radius 3 is 2.48 bits per heavy atom. The van der Waals surface area contributed by atoms with E-state index in [4.69, 9.17) is 4.74 Å². The van der Waals surface area contributed by atoms with Crippen molar-refractivity contribution in [2.75, 3.05) is 22.2 Å². The number of aliphatic imine (C=N–C) groups is 1. The van der Waals surface area contributed by atoms with Crippen LogP contribution in [0.5, 0.6) is 0 Å². The number of rotatable bonds is 6. The maximum atomic E-state index is 12.2. The number of fused-ring (bicyclic) bond motifs is 1. The third-order valence-corrected chi connectivity index (χ3v) is 7.86. The highest BCUT2D eigenvalue weighted by molar-refractivity contribution is 8.14. The summed E-state index contributed by atoms with van der Waals surface area (Å²) in [6.45, 7) is 1.70. The number of nitrogens with zero attached hydrogens (tertiary/aromatic N) is 2. The van der Waals surface area contributed by atoms with Gasteiger partial charge in [-0.3, -0.25) is 14.6 Å². The molecule has 0 N–H and O–H groups in total. The number of ether oxygens (including phenoxy) is 1. The number of hydrogen-bond acceptors (Lipinski definition) is 8. The molecule has 2 atom stereocenters. The molecule has 9 heteroatoms. The number of carbonyl (C=O) groups excluding carboxylic acids is 2. The molecule has 2 aromatic carbocycles. The molecule has 7 nitrogen and oxygen atoms in total. The van der Waals surface area contributed by atoms with Gasteiger partial charge in [-0.15, -0.1) is 0 Å². The van der Waals surface area contributed by atoms with E-state index in [2.05, 4.69) is 4.99 Å². The second kappa shape index (κ2) is 8.84. The average molecular weight is 459 g/mol. The normalized spacial score (nSPS) is 21.5. The number of benzene rings is 2. The third kappa shape index (κ3) is 4.99. The molecule has 2 aliphatic rings. The van der Waals surface area contributed by atoms with Crippen LogP contribution in [0.4, 0.5) is 5.69 Å². The van der Waals surface area contributed by atoms with Crippen molar-refractivity contribution in [3.05, 3.63) is 65.7 Å². The van der Waals surface area contributed by atoms with E-state index in [-0.39, 0.29) is 47.7 Å². The summed E-state index contributed by atoms with van der Waals surface area (Å²) in [6.07, 6.45) is 0. The molecule has 0 spiro atoms. The molecule has 0 saturated carbocycles. The lowest BCUT2D eigenvalue weighted by atomic mass is 10.1. The van der Waals surface area contributed by atoms with Crippen LogP contribution in [0.3, 0.4) is 0 Å². The lowest BCUT2D eigenvalue weighted by Crippen LogP contribution is -2.39. The molecule has 31 heavy (non-hydrogen) atoms. The molecule has 2 aliphatic heterocycles. The second-order valence-electron chi connectivity index (χ2n) is 7.53. The first-order valence-electron chi connectivity index (χ1n) is 9.83. The quantitative estimate of drug-likeness (QED) is 0.485. The van der Waals surface area contributed by atoms with Gasteiger partial charge in [-0.1, -0.05) is 42.1 Å². The number of anilines is 1. The molecule has 0 aromatic heterocycles. The second-order valence-corrected chi connectivity index (χ2v) is 10.6. The van der Waals surface area contributed by atoms with Crippen LogP contribution in [0.25, 0.3) is 0 Å². The number of esters is 1. The van der Waals surface area contributed by atoms with Crippen molar-refractivity contribution in [2.24, 2.45) is 4.99 Å². The summed E-state index contributed by atoms with van der Waals surface area (Å²) in [5.74, 6) is -0.327. The molecule has 4 rings (SSSR count). The Morgan fingerprint density at radius 1 is 1.10 bits per heavy atom. The molecule has 2 aromatic rings. The fraction of sp³-hybridized carbons (Fsp3) is 0.318. The summed E-state index contributed by atoms with van der Waals surface area (Å²) < 4.78 is 29.6. The number of hydrogen-bond donors (Lipinski definition) is 0. The summed E-state index contributed by atoms with van der Waals surface area (Å²) in [4.78, 5) is 30.3. The minimum absolute atomic E-state index is 0.00219. The van der Waals surface area contributed by atoms with Crippen LogP contribution in [0, 0.1) is 0 Å². The van der Waals surface area contributed by atoms with Crippen LogP contribution < -0.4 is 4.90 Å². The summed E-state index contributed by atoms with van der Waals surface area (Å²) in [5.41, 5.74) is 2.23. The number of carbonyl (C=O) groups is 2. The molecular weight excluding hydrogens is 436 g/mol. The fourth-order valence-electron chi connectivity index (χ4n) is 3.70. The minimum Gasteiger partial charge on any atom is -0.460 e. The van der Waals surface area contributed by atoms with Gasteiger partial charge in [0.1, 0.15) is 6.61 Å². The van der Waals surface area contributed by atoms with Crippen LogP contribution >= 0.6 is 11.8 Å². The molecule has 1 fully saturated rings. The molecule has 162 valence electrons. The molecule has 1 saturated heterocycles. The van der Waals surface area contributed by atoms with Gasteiger partial charge in [0.15, 0.2) is 20.8 Å². The van der Waals surface area contributed by atoms with Crippen LogP contribution in [-0.2, 0) is 26.0 Å². The van der Waals surface area contributed by atoms with E-state index in [9.17, 15) is 18.0 Å². The Balaban J connectivity index is 1.46. The zero-order valence-corrected chi connectivity index (χ0v) is 18.6. The predicted octanol–water partition coefficient (Wildman–Crippen LogP) is 2.71. The first kappa shape index (κ1) is 21.6. The van der Waals surface area contributed by atoms with Gasteiger partial charge < -0.3 is 9.64 Å². The molecule has 0 bridgehead atoms. The number of sulfone groups is 1. The Kier molecular flexibility index (Phi) is 6.15. The van der Waals surface area contributed by atoms with Gasteiger partial charge in [0, 0.05) is 11.3 Å². The molecule has 0 amide bonds. The van der Waals surface area contributed by atoms with Gasteiger partial charge in [-0.05, 0) is 36.8 Å². The highest BCUT2D eigenvalue weighted by Gasteiger charge is 2.47. The summed E-state index contributed by atoms with van der Waals surface area (Å²) in [6, 6.07) is 15.8. The van der Waals surface area contributed by atoms with Gasteiger partial charge in [-0.25, -0.2) is 8.42 Å². The summed E-state index contributed by atoms with van der Waals surface area (Å²) >= 11 is 1.24. The van der Waals surface area contributed by atoms with Crippen molar-refractivity contribution in [2.45, 2.75) is 25.6 Å². The third-order valence-electron chi connectivity index (χ3n) is 5.22. The maximum absolute atomic E-state index is 12.2. The van der Waals surface area contributed by atoms with Gasteiger partial charge in [0.2, 0.25) is 0 Å². The summed E-state index contributed by atoms with van der Waals surface area (Å²) in [7, 11) is -3.17. The van der Waals surface area contributed by atoms with Gasteiger partial charge in [0.25, 0.3) is 0 Å². The van der Waals surface area contributed by atoms with Gasteiger partial charge in [0.05, 0.1) is 29.3 Å². The van der Waals surface area contributed by atoms with E-state index in [1.807, 2.05) is 35.2 Å². The SMILES string of the molecule is CC(=O)c1ccc(N2C(SCC(=O)OCc3ccccc3)=N[C@@H]3CS(=O)(=O)C[C@@H]32)cc1. The number of ketones is 1. The van der Waals surface area contributed by atoms with Crippen LogP contribution in [-0.4, -0.2) is 54.7 Å². The first-order chi connectivity index (χ1) is 14.8. The Morgan fingerprint density at radius 2 is 1.81 bits per heavy atom. The smallest absolute Gasteiger partial charge is 0.316 e. The monoisotopic (exact) mass is 458 g/mol. The number of amidine groups is 1. The lowest BCUT2D eigenvalue weighted by Gasteiger charge is -2.26. The molecule has 0 unspecified atom stereocenters. The zero-order chi connectivity index (χ0) is 22.0. The highest BCUT2D eigenvalue weighted by Crippen LogP contribution is 2.35. The highest BCUT2D eigenvalue weighted by atomic mass is 32.2. The largest absolute Gasteiger partial charge is 0.460 e. The Hall–Kier alpha value is -2.65. The maximum Gasteiger partial charge on any atom is 0.316 e. The first-order valence-corrected chi connectivity index (χ1v) is 12.6. The van der Waals surface area contributed by atoms with Crippen molar-refractivity contribution < 1.29 is 22.7 Å². The van der Waals surface area contributed by atoms with Crippen molar-refractivity contribution in [3.8, 4) is 0 Å².